The molecule has 0 aliphatic heterocycles. The van der Waals surface area contributed by atoms with Crippen LogP contribution >= 0.6 is 0 Å². The molecule has 2 N–H and O–H groups in total. The van der Waals surface area contributed by atoms with Gasteiger partial charge in [0.15, 0.2) is 0 Å². The van der Waals surface area contributed by atoms with Gasteiger partial charge in [-0.05, 0) is 37.1 Å². The largest absolute Gasteiger partial charge is 0.398 e. The van der Waals surface area contributed by atoms with Crippen molar-refractivity contribution in [3.8, 4) is 0 Å². The van der Waals surface area contributed by atoms with Gasteiger partial charge >= 0.3 is 0 Å². The van der Waals surface area contributed by atoms with Crippen molar-refractivity contribution in [2.75, 3.05) is 5.73 Å². The van der Waals surface area contributed by atoms with Crippen LogP contribution in [0.5, 0.6) is 0 Å². The molecule has 0 radical (unpaired) electrons. The van der Waals surface area contributed by atoms with E-state index in [1.54, 1.807) is 4.68 Å². The predicted octanol–water partition coefficient (Wildman–Crippen LogP) is 2.18. The lowest BCUT2D eigenvalue weighted by atomic mass is 10.2. The van der Waals surface area contributed by atoms with Gasteiger partial charge in [-0.15, -0.1) is 0 Å². The van der Waals surface area contributed by atoms with Crippen LogP contribution < -0.4 is 5.73 Å². The van der Waals surface area contributed by atoms with Crippen molar-refractivity contribution in [3.05, 3.63) is 41.2 Å². The fourth-order valence-corrected chi connectivity index (χ4v) is 3.27. The van der Waals surface area contributed by atoms with Gasteiger partial charge in [-0.2, -0.15) is 5.10 Å². The standard InChI is InChI=1S/C14H19N3OS/c1-4-11-8-12(17(3)16-11)9-19(18)14-7-10(2)5-6-13(14)15/h5-8H,4,9,15H2,1-3H3. The summed E-state index contributed by atoms with van der Waals surface area (Å²) in [4.78, 5) is 0.708. The van der Waals surface area contributed by atoms with Crippen LogP contribution in [-0.4, -0.2) is 14.0 Å². The highest BCUT2D eigenvalue weighted by Gasteiger charge is 2.12. The lowest BCUT2D eigenvalue weighted by Crippen LogP contribution is -2.05. The molecule has 0 amide bonds. The second-order valence-corrected chi connectivity index (χ2v) is 6.05. The summed E-state index contributed by atoms with van der Waals surface area (Å²) in [5, 5.41) is 4.37. The van der Waals surface area contributed by atoms with Gasteiger partial charge < -0.3 is 5.73 Å². The van der Waals surface area contributed by atoms with E-state index in [0.717, 1.165) is 23.4 Å². The molecule has 1 atom stereocenters. The van der Waals surface area contributed by atoms with Crippen LogP contribution in [0, 0.1) is 6.92 Å². The summed E-state index contributed by atoms with van der Waals surface area (Å²) in [6.07, 6.45) is 0.882. The average molecular weight is 277 g/mol. The Morgan fingerprint density at radius 1 is 1.37 bits per heavy atom. The molecule has 102 valence electrons. The number of nitrogens with zero attached hydrogens (tertiary/aromatic N) is 2. The van der Waals surface area contributed by atoms with Gasteiger partial charge in [0.05, 0.1) is 32.8 Å². The zero-order chi connectivity index (χ0) is 14.0. The summed E-state index contributed by atoms with van der Waals surface area (Å²) in [5.74, 6) is 0.442. The van der Waals surface area contributed by atoms with Crippen molar-refractivity contribution in [2.24, 2.45) is 7.05 Å². The van der Waals surface area contributed by atoms with Crippen LogP contribution in [0.15, 0.2) is 29.2 Å². The van der Waals surface area contributed by atoms with Crippen molar-refractivity contribution in [2.45, 2.75) is 30.9 Å². The molecular weight excluding hydrogens is 258 g/mol. The highest BCUT2D eigenvalue weighted by molar-refractivity contribution is 7.84. The van der Waals surface area contributed by atoms with E-state index >= 15 is 0 Å². The maximum absolute atomic E-state index is 12.4. The monoisotopic (exact) mass is 277 g/mol. The number of nitrogens with two attached hydrogens (primary N) is 1. The number of rotatable bonds is 4. The molecule has 2 rings (SSSR count). The van der Waals surface area contributed by atoms with E-state index in [0.29, 0.717) is 16.3 Å². The van der Waals surface area contributed by atoms with Gasteiger partial charge in [0.1, 0.15) is 0 Å². The Bertz CT molecular complexity index is 619. The SMILES string of the molecule is CCc1cc(CS(=O)c2cc(C)ccc2N)n(C)n1. The Morgan fingerprint density at radius 3 is 2.74 bits per heavy atom. The van der Waals surface area contributed by atoms with Gasteiger partial charge in [-0.3, -0.25) is 8.89 Å². The minimum absolute atomic E-state index is 0.442. The Morgan fingerprint density at radius 2 is 2.11 bits per heavy atom. The molecule has 0 aliphatic carbocycles. The molecule has 4 nitrogen and oxygen atoms in total. The fraction of sp³-hybridized carbons (Fsp3) is 0.357. The van der Waals surface area contributed by atoms with Crippen LogP contribution in [0.3, 0.4) is 0 Å². The molecule has 0 spiro atoms. The number of aromatic nitrogens is 2. The third-order valence-electron chi connectivity index (χ3n) is 3.08. The molecule has 1 aromatic carbocycles. The first-order valence-corrected chi connectivity index (χ1v) is 7.59. The number of benzene rings is 1. The number of nitrogen functional groups attached to an aromatic ring is 1. The fourth-order valence-electron chi connectivity index (χ4n) is 1.93. The average Bonchev–Trinajstić information content (AvgIpc) is 2.73. The van der Waals surface area contributed by atoms with Crippen molar-refractivity contribution in [1.82, 2.24) is 9.78 Å². The maximum atomic E-state index is 12.4. The Balaban J connectivity index is 2.25. The quantitative estimate of drug-likeness (QED) is 0.871. The van der Waals surface area contributed by atoms with E-state index in [-0.39, 0.29) is 0 Å². The molecule has 0 aliphatic rings. The Labute approximate surface area is 116 Å². The highest BCUT2D eigenvalue weighted by atomic mass is 32.2. The zero-order valence-electron chi connectivity index (χ0n) is 11.5. The third-order valence-corrected chi connectivity index (χ3v) is 4.48. The molecule has 0 fully saturated rings. The molecule has 0 bridgehead atoms. The van der Waals surface area contributed by atoms with Crippen LogP contribution in [0.25, 0.3) is 0 Å². The smallest absolute Gasteiger partial charge is 0.0703 e. The summed E-state index contributed by atoms with van der Waals surface area (Å²) in [6.45, 7) is 4.03. The summed E-state index contributed by atoms with van der Waals surface area (Å²) in [7, 11) is 0.739. The predicted molar refractivity (Wildman–Crippen MR) is 78.3 cm³/mol. The summed E-state index contributed by atoms with van der Waals surface area (Å²) >= 11 is 0. The van der Waals surface area contributed by atoms with Crippen molar-refractivity contribution >= 4 is 16.5 Å². The van der Waals surface area contributed by atoms with Gasteiger partial charge in [-0.1, -0.05) is 13.0 Å². The van der Waals surface area contributed by atoms with Gasteiger partial charge in [0, 0.05) is 12.7 Å². The summed E-state index contributed by atoms with van der Waals surface area (Å²) < 4.78 is 14.2. The van der Waals surface area contributed by atoms with Gasteiger partial charge in [0.25, 0.3) is 0 Å². The van der Waals surface area contributed by atoms with Crippen molar-refractivity contribution in [3.63, 3.8) is 0 Å². The number of hydrogen-bond acceptors (Lipinski definition) is 3. The Hall–Kier alpha value is -1.62. The molecule has 2 aromatic rings. The lowest BCUT2D eigenvalue weighted by molar-refractivity contribution is 0.675. The van der Waals surface area contributed by atoms with E-state index in [4.69, 9.17) is 5.73 Å². The number of anilines is 1. The molecule has 1 unspecified atom stereocenters. The van der Waals surface area contributed by atoms with Gasteiger partial charge in [-0.25, -0.2) is 0 Å². The van der Waals surface area contributed by atoms with Crippen LogP contribution in [0.2, 0.25) is 0 Å². The van der Waals surface area contributed by atoms with E-state index in [9.17, 15) is 4.21 Å². The second kappa shape index (κ2) is 5.57. The van der Waals surface area contributed by atoms with Crippen molar-refractivity contribution < 1.29 is 4.21 Å². The molecule has 1 heterocycles. The first-order valence-electron chi connectivity index (χ1n) is 6.27. The molecule has 5 heteroatoms. The molecule has 1 aromatic heterocycles. The second-order valence-electron chi connectivity index (χ2n) is 4.64. The number of hydrogen-bond donors (Lipinski definition) is 1. The first-order chi connectivity index (χ1) is 9.01. The summed E-state index contributed by atoms with van der Waals surface area (Å²) in [6, 6.07) is 7.63. The maximum Gasteiger partial charge on any atom is 0.0703 e. The molecule has 19 heavy (non-hydrogen) atoms. The van der Waals surface area contributed by atoms with Crippen LogP contribution in [0.1, 0.15) is 23.9 Å². The molecule has 0 saturated carbocycles. The van der Waals surface area contributed by atoms with Gasteiger partial charge in [0.2, 0.25) is 0 Å². The lowest BCUT2D eigenvalue weighted by Gasteiger charge is -2.07. The number of aryl methyl sites for hydroxylation is 3. The van der Waals surface area contributed by atoms with E-state index in [1.807, 2.05) is 38.2 Å². The Kier molecular flexibility index (Phi) is 4.04. The molecular formula is C14H19N3OS. The minimum atomic E-state index is -1.14. The zero-order valence-corrected chi connectivity index (χ0v) is 12.3. The van der Waals surface area contributed by atoms with Crippen LogP contribution in [0.4, 0.5) is 5.69 Å². The van der Waals surface area contributed by atoms with E-state index in [1.165, 1.54) is 0 Å². The van der Waals surface area contributed by atoms with Crippen LogP contribution in [-0.2, 0) is 30.0 Å². The highest BCUT2D eigenvalue weighted by Crippen LogP contribution is 2.20. The van der Waals surface area contributed by atoms with E-state index in [2.05, 4.69) is 12.0 Å². The molecule has 0 saturated heterocycles. The minimum Gasteiger partial charge on any atom is -0.398 e. The topological polar surface area (TPSA) is 60.9 Å². The van der Waals surface area contributed by atoms with E-state index < -0.39 is 10.8 Å². The summed E-state index contributed by atoms with van der Waals surface area (Å²) in [5.41, 5.74) is 9.54. The normalized spacial score (nSPS) is 12.6. The first kappa shape index (κ1) is 13.8. The van der Waals surface area contributed by atoms with Crippen molar-refractivity contribution in [1.29, 1.82) is 0 Å². The third kappa shape index (κ3) is 3.04.